The minimum Gasteiger partial charge on any atom is -0.339 e. The summed E-state index contributed by atoms with van der Waals surface area (Å²) in [4.78, 5) is 34.9. The Labute approximate surface area is 186 Å². The highest BCUT2D eigenvalue weighted by atomic mass is 32.1. The summed E-state index contributed by atoms with van der Waals surface area (Å²) in [6, 6.07) is 16.9. The molecule has 0 aliphatic carbocycles. The van der Waals surface area contributed by atoms with Crippen LogP contribution in [0.4, 0.5) is 0 Å². The topological polar surface area (TPSA) is 65.5 Å². The molecule has 1 aromatic carbocycles. The predicted molar refractivity (Wildman–Crippen MR) is 122 cm³/mol. The number of piperazine rings is 1. The van der Waals surface area contributed by atoms with Crippen LogP contribution in [0.1, 0.15) is 20.8 Å². The predicted octanol–water partition coefficient (Wildman–Crippen LogP) is 2.83. The van der Waals surface area contributed by atoms with E-state index in [1.807, 2.05) is 58.8 Å². The van der Waals surface area contributed by atoms with Gasteiger partial charge in [0.05, 0.1) is 4.88 Å². The molecule has 1 atom stereocenters. The lowest BCUT2D eigenvalue weighted by Gasteiger charge is -2.36. The number of hydrogen-bond acceptors (Lipinski definition) is 5. The Bertz CT molecular complexity index is 971. The molecule has 160 valence electrons. The van der Waals surface area contributed by atoms with Gasteiger partial charge in [-0.2, -0.15) is 0 Å². The molecule has 31 heavy (non-hydrogen) atoms. The molecule has 0 saturated carbocycles. The Kier molecular flexibility index (Phi) is 7.07. The number of nitrogens with one attached hydrogen (secondary N) is 1. The fraction of sp³-hybridized carbons (Fsp3) is 0.292. The molecule has 4 rings (SSSR count). The molecular formula is C24H26N4O2S. The minimum absolute atomic E-state index is 0.0164. The quantitative estimate of drug-likeness (QED) is 0.621. The van der Waals surface area contributed by atoms with Gasteiger partial charge < -0.3 is 10.2 Å². The Morgan fingerprint density at radius 2 is 1.68 bits per heavy atom. The van der Waals surface area contributed by atoms with E-state index in [2.05, 4.69) is 15.2 Å². The number of carbonyl (C=O) groups excluding carboxylic acids is 2. The maximum atomic E-state index is 13.4. The average Bonchev–Trinajstić information content (AvgIpc) is 3.35. The largest absolute Gasteiger partial charge is 0.339 e. The van der Waals surface area contributed by atoms with Crippen molar-refractivity contribution < 1.29 is 9.59 Å². The number of aromatic nitrogens is 1. The van der Waals surface area contributed by atoms with Gasteiger partial charge in [0.25, 0.3) is 5.91 Å². The van der Waals surface area contributed by atoms with Gasteiger partial charge in [-0.15, -0.1) is 11.3 Å². The first-order chi connectivity index (χ1) is 15.2. The molecule has 3 heterocycles. The van der Waals surface area contributed by atoms with Crippen LogP contribution in [-0.4, -0.2) is 58.8 Å². The van der Waals surface area contributed by atoms with Crippen molar-refractivity contribution in [1.29, 1.82) is 0 Å². The maximum absolute atomic E-state index is 13.4. The number of amides is 2. The number of carbonyl (C=O) groups is 2. The van der Waals surface area contributed by atoms with Gasteiger partial charge in [-0.3, -0.25) is 19.5 Å². The standard InChI is InChI=1S/C24H26N4O2S/c29-23(22-7-4-16-31-22)26-21(17-19-5-2-1-3-6-19)24(30)28-14-12-27(13-15-28)18-20-8-10-25-11-9-20/h1-11,16,21H,12-15,17-18H2,(H,26,29)/t21-/m0/s1. The van der Waals surface area contributed by atoms with E-state index >= 15 is 0 Å². The molecule has 0 unspecified atom stereocenters. The van der Waals surface area contributed by atoms with Crippen molar-refractivity contribution in [2.24, 2.45) is 0 Å². The number of pyridine rings is 1. The zero-order chi connectivity index (χ0) is 21.5. The second-order valence-electron chi connectivity index (χ2n) is 7.65. The number of nitrogens with zero attached hydrogens (tertiary/aromatic N) is 3. The molecule has 3 aromatic rings. The van der Waals surface area contributed by atoms with Gasteiger partial charge in [-0.05, 0) is 34.7 Å². The molecule has 0 spiro atoms. The van der Waals surface area contributed by atoms with Crippen LogP contribution in [-0.2, 0) is 17.8 Å². The monoisotopic (exact) mass is 434 g/mol. The summed E-state index contributed by atoms with van der Waals surface area (Å²) in [7, 11) is 0. The smallest absolute Gasteiger partial charge is 0.262 e. The van der Waals surface area contributed by atoms with Crippen molar-refractivity contribution in [3.8, 4) is 0 Å². The van der Waals surface area contributed by atoms with E-state index in [1.165, 1.54) is 16.9 Å². The van der Waals surface area contributed by atoms with Crippen LogP contribution < -0.4 is 5.32 Å². The molecule has 2 amide bonds. The summed E-state index contributed by atoms with van der Waals surface area (Å²) in [6.07, 6.45) is 4.09. The summed E-state index contributed by atoms with van der Waals surface area (Å²) in [5.74, 6) is -0.210. The second-order valence-corrected chi connectivity index (χ2v) is 8.60. The SMILES string of the molecule is O=C(N[C@@H](Cc1ccccc1)C(=O)N1CCN(Cc2ccncc2)CC1)c1cccs1. The Hall–Kier alpha value is -3.03. The molecule has 7 heteroatoms. The van der Waals surface area contributed by atoms with Crippen LogP contribution in [0.3, 0.4) is 0 Å². The molecule has 0 radical (unpaired) electrons. The van der Waals surface area contributed by atoms with E-state index in [9.17, 15) is 9.59 Å². The average molecular weight is 435 g/mol. The fourth-order valence-corrected chi connectivity index (χ4v) is 4.41. The van der Waals surface area contributed by atoms with E-state index < -0.39 is 6.04 Å². The van der Waals surface area contributed by atoms with Gasteiger partial charge in [0, 0.05) is 51.5 Å². The minimum atomic E-state index is -0.580. The third-order valence-corrected chi connectivity index (χ3v) is 6.34. The van der Waals surface area contributed by atoms with E-state index in [0.29, 0.717) is 24.4 Å². The van der Waals surface area contributed by atoms with Crippen LogP contribution in [0.25, 0.3) is 0 Å². The van der Waals surface area contributed by atoms with Crippen molar-refractivity contribution in [2.45, 2.75) is 19.0 Å². The fourth-order valence-electron chi connectivity index (χ4n) is 3.78. The molecule has 0 bridgehead atoms. The van der Waals surface area contributed by atoms with E-state index in [-0.39, 0.29) is 11.8 Å². The lowest BCUT2D eigenvalue weighted by Crippen LogP contribution is -2.55. The van der Waals surface area contributed by atoms with Crippen molar-refractivity contribution in [3.63, 3.8) is 0 Å². The van der Waals surface area contributed by atoms with Crippen LogP contribution in [0, 0.1) is 0 Å². The molecule has 1 fully saturated rings. The van der Waals surface area contributed by atoms with Gasteiger partial charge in [0.1, 0.15) is 6.04 Å². The highest BCUT2D eigenvalue weighted by Gasteiger charge is 2.29. The molecule has 1 saturated heterocycles. The van der Waals surface area contributed by atoms with Crippen LogP contribution >= 0.6 is 11.3 Å². The van der Waals surface area contributed by atoms with Crippen molar-refractivity contribution in [2.75, 3.05) is 26.2 Å². The Morgan fingerprint density at radius 1 is 0.935 bits per heavy atom. The van der Waals surface area contributed by atoms with E-state index in [1.54, 1.807) is 18.5 Å². The summed E-state index contributed by atoms with van der Waals surface area (Å²) in [5.41, 5.74) is 2.25. The first-order valence-corrected chi connectivity index (χ1v) is 11.4. The zero-order valence-corrected chi connectivity index (χ0v) is 18.1. The van der Waals surface area contributed by atoms with Crippen LogP contribution in [0.15, 0.2) is 72.4 Å². The lowest BCUT2D eigenvalue weighted by molar-refractivity contribution is -0.135. The van der Waals surface area contributed by atoms with Crippen LogP contribution in [0.2, 0.25) is 0 Å². The van der Waals surface area contributed by atoms with Gasteiger partial charge in [-0.1, -0.05) is 36.4 Å². The molecule has 1 aliphatic rings. The first kappa shape index (κ1) is 21.2. The Morgan fingerprint density at radius 3 is 2.35 bits per heavy atom. The molecule has 1 aliphatic heterocycles. The molecule has 2 aromatic heterocycles. The maximum Gasteiger partial charge on any atom is 0.262 e. The van der Waals surface area contributed by atoms with Crippen molar-refractivity contribution >= 4 is 23.2 Å². The molecular weight excluding hydrogens is 408 g/mol. The van der Waals surface area contributed by atoms with E-state index in [4.69, 9.17) is 0 Å². The normalized spacial score (nSPS) is 15.4. The summed E-state index contributed by atoms with van der Waals surface area (Å²) in [6.45, 7) is 3.79. The second kappa shape index (κ2) is 10.3. The third kappa shape index (κ3) is 5.77. The third-order valence-electron chi connectivity index (χ3n) is 5.47. The molecule has 6 nitrogen and oxygen atoms in total. The zero-order valence-electron chi connectivity index (χ0n) is 17.3. The van der Waals surface area contributed by atoms with Gasteiger partial charge in [0.2, 0.25) is 5.91 Å². The highest BCUT2D eigenvalue weighted by molar-refractivity contribution is 7.12. The number of thiophene rings is 1. The molecule has 1 N–H and O–H groups in total. The van der Waals surface area contributed by atoms with Crippen LogP contribution in [0.5, 0.6) is 0 Å². The van der Waals surface area contributed by atoms with Gasteiger partial charge in [-0.25, -0.2) is 0 Å². The van der Waals surface area contributed by atoms with E-state index in [0.717, 1.165) is 25.2 Å². The lowest BCUT2D eigenvalue weighted by atomic mass is 10.0. The van der Waals surface area contributed by atoms with Gasteiger partial charge >= 0.3 is 0 Å². The van der Waals surface area contributed by atoms with Crippen molar-refractivity contribution in [3.05, 3.63) is 88.4 Å². The highest BCUT2D eigenvalue weighted by Crippen LogP contribution is 2.13. The first-order valence-electron chi connectivity index (χ1n) is 10.5. The summed E-state index contributed by atoms with van der Waals surface area (Å²) < 4.78 is 0. The number of rotatable bonds is 7. The number of hydrogen-bond donors (Lipinski definition) is 1. The van der Waals surface area contributed by atoms with Gasteiger partial charge in [0.15, 0.2) is 0 Å². The van der Waals surface area contributed by atoms with Crippen molar-refractivity contribution in [1.82, 2.24) is 20.1 Å². The Balaban J connectivity index is 1.40. The summed E-state index contributed by atoms with van der Waals surface area (Å²) in [5, 5.41) is 4.84. The summed E-state index contributed by atoms with van der Waals surface area (Å²) >= 11 is 1.38. The number of benzene rings is 1.